The zero-order valence-electron chi connectivity index (χ0n) is 12.8. The van der Waals surface area contributed by atoms with E-state index in [0.717, 1.165) is 39.0 Å². The second kappa shape index (κ2) is 8.80. The highest BCUT2D eigenvalue weighted by Gasteiger charge is 2.15. The van der Waals surface area contributed by atoms with Gasteiger partial charge in [-0.1, -0.05) is 37.3 Å². The third-order valence-corrected chi connectivity index (χ3v) is 3.99. The Morgan fingerprint density at radius 3 is 2.71 bits per heavy atom. The molecule has 1 heterocycles. The van der Waals surface area contributed by atoms with Gasteiger partial charge in [0.2, 0.25) is 5.91 Å². The summed E-state index contributed by atoms with van der Waals surface area (Å²) in [6.45, 7) is 5.00. The van der Waals surface area contributed by atoms with Gasteiger partial charge in [0.25, 0.3) is 0 Å². The quantitative estimate of drug-likeness (QED) is 0.756. The highest BCUT2D eigenvalue weighted by molar-refractivity contribution is 5.78. The van der Waals surface area contributed by atoms with Crippen LogP contribution < -0.4 is 10.6 Å². The summed E-state index contributed by atoms with van der Waals surface area (Å²) >= 11 is 0. The fraction of sp³-hybridized carbons (Fsp3) is 0.588. The van der Waals surface area contributed by atoms with Gasteiger partial charge in [-0.05, 0) is 37.3 Å². The van der Waals surface area contributed by atoms with E-state index >= 15 is 0 Å². The van der Waals surface area contributed by atoms with Crippen LogP contribution in [0.5, 0.6) is 0 Å². The topological polar surface area (TPSA) is 50.4 Å². The predicted molar refractivity (Wildman–Crippen MR) is 84.3 cm³/mol. The third kappa shape index (κ3) is 5.86. The molecule has 0 aromatic heterocycles. The van der Waals surface area contributed by atoms with E-state index < -0.39 is 0 Å². The fourth-order valence-electron chi connectivity index (χ4n) is 2.59. The monoisotopic (exact) mass is 290 g/mol. The molecular formula is C17H26N2O2. The average Bonchev–Trinajstić information content (AvgIpc) is 2.53. The van der Waals surface area contributed by atoms with Gasteiger partial charge in [0.05, 0.1) is 6.54 Å². The van der Waals surface area contributed by atoms with Crippen LogP contribution in [0.1, 0.15) is 37.7 Å². The molecular weight excluding hydrogens is 264 g/mol. The van der Waals surface area contributed by atoms with Crippen LogP contribution in [0, 0.1) is 0 Å². The first-order chi connectivity index (χ1) is 10.3. The van der Waals surface area contributed by atoms with Gasteiger partial charge in [-0.3, -0.25) is 4.79 Å². The number of rotatable bonds is 7. The van der Waals surface area contributed by atoms with Gasteiger partial charge in [0.1, 0.15) is 0 Å². The van der Waals surface area contributed by atoms with Crippen LogP contribution in [0.2, 0.25) is 0 Å². The van der Waals surface area contributed by atoms with E-state index in [1.165, 1.54) is 5.56 Å². The Bertz CT molecular complexity index is 416. The molecule has 0 spiro atoms. The van der Waals surface area contributed by atoms with E-state index in [1.54, 1.807) is 0 Å². The van der Waals surface area contributed by atoms with Crippen molar-refractivity contribution in [2.75, 3.05) is 26.3 Å². The van der Waals surface area contributed by atoms with Gasteiger partial charge >= 0.3 is 0 Å². The van der Waals surface area contributed by atoms with Crippen LogP contribution in [0.4, 0.5) is 0 Å². The molecule has 1 unspecified atom stereocenters. The average molecular weight is 290 g/mol. The van der Waals surface area contributed by atoms with Gasteiger partial charge in [0, 0.05) is 19.3 Å². The first kappa shape index (κ1) is 16.0. The SMILES string of the molecule is CC(CCNCC(=O)NC1CCOCC1)c1ccccc1. The lowest BCUT2D eigenvalue weighted by molar-refractivity contribution is -0.121. The number of carbonyl (C=O) groups is 1. The third-order valence-electron chi connectivity index (χ3n) is 3.99. The molecule has 1 aliphatic heterocycles. The minimum atomic E-state index is 0.0919. The maximum atomic E-state index is 11.8. The molecule has 21 heavy (non-hydrogen) atoms. The molecule has 0 bridgehead atoms. The number of benzene rings is 1. The molecule has 4 nitrogen and oxygen atoms in total. The Balaban J connectivity index is 1.57. The van der Waals surface area contributed by atoms with E-state index in [4.69, 9.17) is 4.74 Å². The number of nitrogens with one attached hydrogen (secondary N) is 2. The van der Waals surface area contributed by atoms with Gasteiger partial charge < -0.3 is 15.4 Å². The molecule has 1 aromatic carbocycles. The summed E-state index contributed by atoms with van der Waals surface area (Å²) in [5.41, 5.74) is 1.35. The van der Waals surface area contributed by atoms with Crippen molar-refractivity contribution in [1.82, 2.24) is 10.6 Å². The van der Waals surface area contributed by atoms with Gasteiger partial charge in [0.15, 0.2) is 0 Å². The molecule has 1 amide bonds. The van der Waals surface area contributed by atoms with Crippen molar-refractivity contribution < 1.29 is 9.53 Å². The first-order valence-electron chi connectivity index (χ1n) is 7.88. The zero-order valence-corrected chi connectivity index (χ0v) is 12.8. The standard InChI is InChI=1S/C17H26N2O2/c1-14(15-5-3-2-4-6-15)7-10-18-13-17(20)19-16-8-11-21-12-9-16/h2-6,14,16,18H,7-13H2,1H3,(H,19,20). The Hall–Kier alpha value is -1.39. The van der Waals surface area contributed by atoms with Crippen LogP contribution in [0.15, 0.2) is 30.3 Å². The molecule has 2 rings (SSSR count). The van der Waals surface area contributed by atoms with E-state index in [9.17, 15) is 4.79 Å². The van der Waals surface area contributed by atoms with Crippen LogP contribution in [0.25, 0.3) is 0 Å². The summed E-state index contributed by atoms with van der Waals surface area (Å²) < 4.78 is 5.28. The van der Waals surface area contributed by atoms with Gasteiger partial charge in [-0.15, -0.1) is 0 Å². The van der Waals surface area contributed by atoms with Crippen LogP contribution in [-0.2, 0) is 9.53 Å². The Morgan fingerprint density at radius 1 is 1.29 bits per heavy atom. The number of ether oxygens (including phenoxy) is 1. The predicted octanol–water partition coefficient (Wildman–Crippen LogP) is 2.06. The van der Waals surface area contributed by atoms with E-state index in [1.807, 2.05) is 6.07 Å². The number of hydrogen-bond acceptors (Lipinski definition) is 3. The normalized spacial score (nSPS) is 17.4. The van der Waals surface area contributed by atoms with Crippen molar-refractivity contribution in [3.63, 3.8) is 0 Å². The van der Waals surface area contributed by atoms with E-state index in [2.05, 4.69) is 41.8 Å². The molecule has 1 aliphatic rings. The van der Waals surface area contributed by atoms with Gasteiger partial charge in [-0.2, -0.15) is 0 Å². The lowest BCUT2D eigenvalue weighted by Crippen LogP contribution is -2.43. The van der Waals surface area contributed by atoms with Crippen LogP contribution in [-0.4, -0.2) is 38.3 Å². The molecule has 0 aliphatic carbocycles. The number of hydrogen-bond donors (Lipinski definition) is 2. The summed E-state index contributed by atoms with van der Waals surface area (Å²) in [6, 6.07) is 10.8. The fourth-order valence-corrected chi connectivity index (χ4v) is 2.59. The summed E-state index contributed by atoms with van der Waals surface area (Å²) in [5, 5.41) is 6.29. The Kier molecular flexibility index (Phi) is 6.70. The number of amides is 1. The van der Waals surface area contributed by atoms with Crippen LogP contribution >= 0.6 is 0 Å². The van der Waals surface area contributed by atoms with E-state index in [-0.39, 0.29) is 11.9 Å². The number of carbonyl (C=O) groups excluding carboxylic acids is 1. The largest absolute Gasteiger partial charge is 0.381 e. The molecule has 1 saturated heterocycles. The minimum absolute atomic E-state index is 0.0919. The molecule has 116 valence electrons. The summed E-state index contributed by atoms with van der Waals surface area (Å²) in [5.74, 6) is 0.603. The first-order valence-corrected chi connectivity index (χ1v) is 7.88. The molecule has 4 heteroatoms. The second-order valence-corrected chi connectivity index (χ2v) is 5.73. The van der Waals surface area contributed by atoms with Crippen molar-refractivity contribution in [1.29, 1.82) is 0 Å². The molecule has 2 N–H and O–H groups in total. The molecule has 0 radical (unpaired) electrons. The molecule has 1 aromatic rings. The maximum Gasteiger partial charge on any atom is 0.234 e. The summed E-state index contributed by atoms with van der Waals surface area (Å²) in [4.78, 5) is 11.8. The maximum absolute atomic E-state index is 11.8. The highest BCUT2D eigenvalue weighted by Crippen LogP contribution is 2.17. The summed E-state index contributed by atoms with van der Waals surface area (Å²) in [6.07, 6.45) is 2.89. The Morgan fingerprint density at radius 2 is 2.00 bits per heavy atom. The van der Waals surface area contributed by atoms with Crippen molar-refractivity contribution in [2.24, 2.45) is 0 Å². The smallest absolute Gasteiger partial charge is 0.234 e. The lowest BCUT2D eigenvalue weighted by atomic mass is 9.98. The van der Waals surface area contributed by atoms with Crippen LogP contribution in [0.3, 0.4) is 0 Å². The van der Waals surface area contributed by atoms with Crippen molar-refractivity contribution in [3.05, 3.63) is 35.9 Å². The van der Waals surface area contributed by atoms with Crippen molar-refractivity contribution in [2.45, 2.75) is 38.1 Å². The Labute approximate surface area is 127 Å². The molecule has 1 atom stereocenters. The van der Waals surface area contributed by atoms with E-state index in [0.29, 0.717) is 12.5 Å². The second-order valence-electron chi connectivity index (χ2n) is 5.73. The van der Waals surface area contributed by atoms with Gasteiger partial charge in [-0.25, -0.2) is 0 Å². The minimum Gasteiger partial charge on any atom is -0.381 e. The van der Waals surface area contributed by atoms with Crippen molar-refractivity contribution in [3.8, 4) is 0 Å². The molecule has 0 saturated carbocycles. The zero-order chi connectivity index (χ0) is 14.9. The lowest BCUT2D eigenvalue weighted by Gasteiger charge is -2.23. The van der Waals surface area contributed by atoms with Crippen molar-refractivity contribution >= 4 is 5.91 Å². The highest BCUT2D eigenvalue weighted by atomic mass is 16.5. The summed E-state index contributed by atoms with van der Waals surface area (Å²) in [7, 11) is 0. The molecule has 1 fully saturated rings.